The first-order valence-corrected chi connectivity index (χ1v) is 10.3. The number of ether oxygens (including phenoxy) is 1. The van der Waals surface area contributed by atoms with Gasteiger partial charge in [-0.1, -0.05) is 6.07 Å². The molecule has 1 N–H and O–H groups in total. The largest absolute Gasteiger partial charge is 0.452 e. The quantitative estimate of drug-likeness (QED) is 0.577. The third-order valence-electron chi connectivity index (χ3n) is 4.60. The van der Waals surface area contributed by atoms with Crippen LogP contribution in [0.25, 0.3) is 0 Å². The number of halogens is 1. The van der Waals surface area contributed by atoms with Gasteiger partial charge in [-0.2, -0.15) is 0 Å². The van der Waals surface area contributed by atoms with E-state index in [-0.39, 0.29) is 18.9 Å². The SMILES string of the molecule is CSc1cccc(N2C[C@@H](C(=O)O[C@@H](C)C(=O)Nc3ccc(F)cc3)CC2=O)c1. The summed E-state index contributed by atoms with van der Waals surface area (Å²) in [4.78, 5) is 39.6. The second-order valence-corrected chi connectivity index (χ2v) is 7.56. The van der Waals surface area contributed by atoms with E-state index in [1.807, 2.05) is 30.5 Å². The predicted octanol–water partition coefficient (Wildman–Crippen LogP) is 3.47. The Morgan fingerprint density at radius 1 is 1.24 bits per heavy atom. The van der Waals surface area contributed by atoms with Crippen molar-refractivity contribution >= 4 is 40.9 Å². The van der Waals surface area contributed by atoms with Crippen LogP contribution < -0.4 is 10.2 Å². The lowest BCUT2D eigenvalue weighted by molar-refractivity contribution is -0.157. The highest BCUT2D eigenvalue weighted by molar-refractivity contribution is 7.98. The molecule has 1 fully saturated rings. The number of carbonyl (C=O) groups excluding carboxylic acids is 3. The molecule has 0 unspecified atom stereocenters. The molecular weight excluding hydrogens is 395 g/mol. The highest BCUT2D eigenvalue weighted by Crippen LogP contribution is 2.29. The number of amides is 2. The molecule has 1 heterocycles. The number of anilines is 2. The van der Waals surface area contributed by atoms with Crippen molar-refractivity contribution < 1.29 is 23.5 Å². The number of hydrogen-bond acceptors (Lipinski definition) is 5. The smallest absolute Gasteiger partial charge is 0.312 e. The van der Waals surface area contributed by atoms with Crippen molar-refractivity contribution in [2.75, 3.05) is 23.0 Å². The van der Waals surface area contributed by atoms with Crippen molar-refractivity contribution in [2.45, 2.75) is 24.3 Å². The highest BCUT2D eigenvalue weighted by Gasteiger charge is 2.37. The number of nitrogens with one attached hydrogen (secondary N) is 1. The van der Waals surface area contributed by atoms with Crippen LogP contribution in [0.4, 0.5) is 15.8 Å². The summed E-state index contributed by atoms with van der Waals surface area (Å²) in [6.45, 7) is 1.66. The lowest BCUT2D eigenvalue weighted by Crippen LogP contribution is -2.33. The number of esters is 1. The van der Waals surface area contributed by atoms with Gasteiger partial charge in [0.05, 0.1) is 5.92 Å². The zero-order valence-corrected chi connectivity index (χ0v) is 16.9. The summed E-state index contributed by atoms with van der Waals surface area (Å²) in [5.74, 6) is -2.33. The molecule has 2 aromatic rings. The number of thioether (sulfide) groups is 1. The van der Waals surface area contributed by atoms with Gasteiger partial charge in [-0.25, -0.2) is 4.39 Å². The van der Waals surface area contributed by atoms with E-state index in [2.05, 4.69) is 5.32 Å². The Hall–Kier alpha value is -2.87. The molecular formula is C21H21FN2O4S. The van der Waals surface area contributed by atoms with Gasteiger partial charge in [0.2, 0.25) is 5.91 Å². The summed E-state index contributed by atoms with van der Waals surface area (Å²) in [6, 6.07) is 12.8. The molecule has 1 saturated heterocycles. The minimum absolute atomic E-state index is 0.0363. The fourth-order valence-corrected chi connectivity index (χ4v) is 3.45. The van der Waals surface area contributed by atoms with Crippen molar-refractivity contribution in [1.82, 2.24) is 0 Å². The minimum Gasteiger partial charge on any atom is -0.452 e. The fraction of sp³-hybridized carbons (Fsp3) is 0.286. The van der Waals surface area contributed by atoms with Gasteiger partial charge < -0.3 is 15.0 Å². The Kier molecular flexibility index (Phi) is 6.53. The van der Waals surface area contributed by atoms with Crippen molar-refractivity contribution in [3.8, 4) is 0 Å². The van der Waals surface area contributed by atoms with E-state index in [0.717, 1.165) is 10.6 Å². The number of benzene rings is 2. The summed E-state index contributed by atoms with van der Waals surface area (Å²) in [6.07, 6.45) is 0.939. The Bertz CT molecular complexity index is 919. The molecule has 6 nitrogen and oxygen atoms in total. The average molecular weight is 416 g/mol. The maximum absolute atomic E-state index is 12.9. The summed E-state index contributed by atoms with van der Waals surface area (Å²) in [5.41, 5.74) is 1.13. The minimum atomic E-state index is -1.04. The maximum atomic E-state index is 12.9. The Labute approximate surface area is 172 Å². The second-order valence-electron chi connectivity index (χ2n) is 6.68. The third-order valence-corrected chi connectivity index (χ3v) is 5.32. The Morgan fingerprint density at radius 3 is 2.66 bits per heavy atom. The first kappa shape index (κ1) is 20.9. The summed E-state index contributed by atoms with van der Waals surface area (Å²) >= 11 is 1.57. The van der Waals surface area contributed by atoms with Gasteiger partial charge in [-0.05, 0) is 55.6 Å². The Balaban J connectivity index is 1.58. The van der Waals surface area contributed by atoms with Crippen LogP contribution in [0.15, 0.2) is 53.4 Å². The molecule has 0 bridgehead atoms. The highest BCUT2D eigenvalue weighted by atomic mass is 32.2. The lowest BCUT2D eigenvalue weighted by Gasteiger charge is -2.18. The number of nitrogens with zero attached hydrogens (tertiary/aromatic N) is 1. The molecule has 29 heavy (non-hydrogen) atoms. The van der Waals surface area contributed by atoms with Gasteiger partial charge in [-0.15, -0.1) is 11.8 Å². The number of hydrogen-bond donors (Lipinski definition) is 1. The van der Waals surface area contributed by atoms with Gasteiger partial charge in [0.25, 0.3) is 5.91 Å². The standard InChI is InChI=1S/C21H21FN2O4S/c1-13(20(26)23-16-8-6-15(22)7-9-16)28-21(27)14-10-19(25)24(12-14)17-4-3-5-18(11-17)29-2/h3-9,11,13-14H,10,12H2,1-2H3,(H,23,26)/t13-,14-/m0/s1. The first-order chi connectivity index (χ1) is 13.9. The molecule has 1 aliphatic heterocycles. The Morgan fingerprint density at radius 2 is 1.97 bits per heavy atom. The first-order valence-electron chi connectivity index (χ1n) is 9.08. The molecule has 2 aromatic carbocycles. The molecule has 0 radical (unpaired) electrons. The van der Waals surface area contributed by atoms with Crippen LogP contribution in [0.2, 0.25) is 0 Å². The van der Waals surface area contributed by atoms with Crippen LogP contribution in [0.3, 0.4) is 0 Å². The molecule has 152 valence electrons. The molecule has 2 amide bonds. The van der Waals surface area contributed by atoms with E-state index in [9.17, 15) is 18.8 Å². The van der Waals surface area contributed by atoms with Crippen LogP contribution in [0.1, 0.15) is 13.3 Å². The van der Waals surface area contributed by atoms with Crippen molar-refractivity contribution in [3.63, 3.8) is 0 Å². The van der Waals surface area contributed by atoms with Crippen LogP contribution in [-0.2, 0) is 19.1 Å². The van der Waals surface area contributed by atoms with Gasteiger partial charge in [0, 0.05) is 29.2 Å². The van der Waals surface area contributed by atoms with E-state index in [1.165, 1.54) is 31.2 Å². The van der Waals surface area contributed by atoms with Crippen molar-refractivity contribution in [3.05, 3.63) is 54.3 Å². The van der Waals surface area contributed by atoms with E-state index in [0.29, 0.717) is 5.69 Å². The van der Waals surface area contributed by atoms with Crippen LogP contribution >= 0.6 is 11.8 Å². The molecule has 8 heteroatoms. The van der Waals surface area contributed by atoms with E-state index in [1.54, 1.807) is 16.7 Å². The molecule has 3 rings (SSSR count). The molecule has 0 aromatic heterocycles. The van der Waals surface area contributed by atoms with Gasteiger partial charge in [0.15, 0.2) is 6.10 Å². The van der Waals surface area contributed by atoms with Crippen molar-refractivity contribution in [2.24, 2.45) is 5.92 Å². The molecule has 0 aliphatic carbocycles. The summed E-state index contributed by atoms with van der Waals surface area (Å²) < 4.78 is 18.2. The van der Waals surface area contributed by atoms with Gasteiger partial charge in [-0.3, -0.25) is 14.4 Å². The van der Waals surface area contributed by atoms with E-state index in [4.69, 9.17) is 4.74 Å². The summed E-state index contributed by atoms with van der Waals surface area (Å²) in [7, 11) is 0. The number of carbonyl (C=O) groups is 3. The molecule has 2 atom stereocenters. The molecule has 1 aliphatic rings. The number of rotatable bonds is 6. The van der Waals surface area contributed by atoms with E-state index >= 15 is 0 Å². The second kappa shape index (κ2) is 9.09. The zero-order chi connectivity index (χ0) is 21.0. The maximum Gasteiger partial charge on any atom is 0.312 e. The molecule has 0 saturated carbocycles. The topological polar surface area (TPSA) is 75.7 Å². The monoisotopic (exact) mass is 416 g/mol. The predicted molar refractivity (Wildman–Crippen MR) is 109 cm³/mol. The van der Waals surface area contributed by atoms with Crippen LogP contribution in [-0.4, -0.2) is 36.7 Å². The lowest BCUT2D eigenvalue weighted by atomic mass is 10.1. The van der Waals surface area contributed by atoms with Crippen LogP contribution in [0.5, 0.6) is 0 Å². The van der Waals surface area contributed by atoms with Crippen molar-refractivity contribution in [1.29, 1.82) is 0 Å². The molecule has 0 spiro atoms. The van der Waals surface area contributed by atoms with Crippen LogP contribution in [0, 0.1) is 11.7 Å². The third kappa shape index (κ3) is 5.14. The van der Waals surface area contributed by atoms with Gasteiger partial charge in [0.1, 0.15) is 5.82 Å². The zero-order valence-electron chi connectivity index (χ0n) is 16.1. The van der Waals surface area contributed by atoms with Gasteiger partial charge >= 0.3 is 5.97 Å². The van der Waals surface area contributed by atoms with E-state index < -0.39 is 29.7 Å². The average Bonchev–Trinajstić information content (AvgIpc) is 3.11. The summed E-state index contributed by atoms with van der Waals surface area (Å²) in [5, 5.41) is 2.56. The fourth-order valence-electron chi connectivity index (χ4n) is 2.99. The normalized spacial score (nSPS) is 17.1.